The van der Waals surface area contributed by atoms with E-state index < -0.39 is 16.5 Å². The lowest BCUT2D eigenvalue weighted by atomic mass is 10.5. The highest BCUT2D eigenvalue weighted by Crippen LogP contribution is 2.51. The Bertz CT molecular complexity index is 144. The predicted octanol–water partition coefficient (Wildman–Crippen LogP) is 1.83. The van der Waals surface area contributed by atoms with Crippen molar-refractivity contribution in [3.8, 4) is 0 Å². The summed E-state index contributed by atoms with van der Waals surface area (Å²) in [6.07, 6.45) is 3.12. The molecule has 0 amide bonds. The van der Waals surface area contributed by atoms with Crippen LogP contribution in [0.3, 0.4) is 0 Å². The van der Waals surface area contributed by atoms with Crippen LogP contribution in [0.15, 0.2) is 0 Å². The normalized spacial score (nSPS) is 38.4. The third kappa shape index (κ3) is 0.569. The van der Waals surface area contributed by atoms with Crippen LogP contribution < -0.4 is 4.65 Å². The summed E-state index contributed by atoms with van der Waals surface area (Å²) in [6.45, 7) is 0. The molecule has 3 aliphatic rings. The molecule has 3 aliphatic heterocycles. The van der Waals surface area contributed by atoms with E-state index in [0.29, 0.717) is 0 Å². The smallest absolute Gasteiger partial charge is 0.117 e. The Hall–Kier alpha value is 0.394. The molecule has 10 heavy (non-hydrogen) atoms. The molecule has 0 radical (unpaired) electrons. The second kappa shape index (κ2) is 1.59. The minimum Gasteiger partial charge on any atom is -0.359 e. The van der Waals surface area contributed by atoms with Gasteiger partial charge in [0.25, 0.3) is 0 Å². The average Bonchev–Trinajstić information content (AvgIpc) is 1.52. The van der Waals surface area contributed by atoms with Crippen LogP contribution >= 0.6 is 0 Å². The average molecular weight is 169 g/mol. The van der Waals surface area contributed by atoms with Gasteiger partial charge in [0, 0.05) is 0 Å². The lowest BCUT2D eigenvalue weighted by Gasteiger charge is -2.63. The summed E-state index contributed by atoms with van der Waals surface area (Å²) in [5.74, 6) is 0. The van der Waals surface area contributed by atoms with Gasteiger partial charge >= 0.3 is 0 Å². The van der Waals surface area contributed by atoms with Gasteiger partial charge in [0.05, 0.1) is 0 Å². The van der Waals surface area contributed by atoms with E-state index in [4.69, 9.17) is 0 Å². The van der Waals surface area contributed by atoms with Crippen molar-refractivity contribution in [1.29, 1.82) is 0 Å². The zero-order valence-corrected chi connectivity index (χ0v) is 8.45. The van der Waals surface area contributed by atoms with Crippen LogP contribution in [0.2, 0.25) is 29.8 Å². The molecule has 1 nitrogen and oxygen atoms in total. The van der Waals surface area contributed by atoms with E-state index >= 15 is 0 Å². The first-order valence-electron chi connectivity index (χ1n) is 4.62. The first-order chi connectivity index (χ1) is 4.83. The molecule has 0 bridgehead atoms. The first kappa shape index (κ1) is 5.97. The van der Waals surface area contributed by atoms with Crippen molar-refractivity contribution in [2.75, 3.05) is 0 Å². The molecule has 3 fully saturated rings. The van der Waals surface area contributed by atoms with Crippen molar-refractivity contribution in [2.24, 2.45) is 0 Å². The van der Waals surface area contributed by atoms with Crippen LogP contribution in [0.4, 0.5) is 0 Å². The lowest BCUT2D eigenvalue weighted by molar-refractivity contribution is 0.761. The van der Waals surface area contributed by atoms with Crippen LogP contribution in [-0.2, 0) is 0 Å². The zero-order valence-electron chi connectivity index (χ0n) is 6.45. The number of hydrogen-bond donors (Lipinski definition) is 1. The van der Waals surface area contributed by atoms with E-state index in [-0.39, 0.29) is 0 Å². The fourth-order valence-corrected chi connectivity index (χ4v) is 19.8. The molecule has 3 heterocycles. The number of hydrogen-bond acceptors (Lipinski definition) is 1. The van der Waals surface area contributed by atoms with Crippen LogP contribution in [0.5, 0.6) is 0 Å². The summed E-state index contributed by atoms with van der Waals surface area (Å²) in [7, 11) is -1.17. The minimum absolute atomic E-state index is 0.584. The largest absolute Gasteiger partial charge is 0.359 e. The summed E-state index contributed by atoms with van der Waals surface area (Å²) in [4.78, 5) is 0. The minimum atomic E-state index is -0.584. The van der Waals surface area contributed by atoms with Crippen molar-refractivity contribution in [2.45, 2.75) is 42.7 Å². The van der Waals surface area contributed by atoms with E-state index in [9.17, 15) is 0 Å². The molecule has 0 atom stereocenters. The third-order valence-corrected chi connectivity index (χ3v) is 18.7. The summed E-state index contributed by atoms with van der Waals surface area (Å²) < 4.78 is 4.08. The highest BCUT2D eigenvalue weighted by atomic mass is 28.5. The Kier molecular flexibility index (Phi) is 0.950. The molecule has 3 rings (SSSR count). The van der Waals surface area contributed by atoms with Crippen LogP contribution in [0.25, 0.3) is 0 Å². The number of rotatable bonds is 0. The fraction of sp³-hybridized carbons (Fsp3) is 1.00. The molecule has 0 unspecified atom stereocenters. The highest BCUT2D eigenvalue weighted by molar-refractivity contribution is 7.12. The molecular weight excluding hydrogens is 154 g/mol. The summed E-state index contributed by atoms with van der Waals surface area (Å²) >= 11 is 0. The molecule has 56 valence electrons. The van der Waals surface area contributed by atoms with Gasteiger partial charge in [0.1, 0.15) is 16.5 Å². The lowest BCUT2D eigenvalue weighted by Crippen LogP contribution is -2.83. The maximum absolute atomic E-state index is 4.08. The summed E-state index contributed by atoms with van der Waals surface area (Å²) in [6, 6.07) is 6.56. The topological polar surface area (TPSA) is 12.0 Å². The molecule has 2 spiro atoms. The van der Waals surface area contributed by atoms with Gasteiger partial charge in [-0.25, -0.2) is 0 Å². The molecular formula is C7H15NSi2. The molecule has 3 heteroatoms. The Labute approximate surface area is 64.4 Å². The Morgan fingerprint density at radius 1 is 0.800 bits per heavy atom. The second-order valence-electron chi connectivity index (χ2n) is 4.57. The van der Waals surface area contributed by atoms with Gasteiger partial charge in [-0.3, -0.25) is 0 Å². The van der Waals surface area contributed by atoms with Crippen LogP contribution in [-0.4, -0.2) is 16.5 Å². The van der Waals surface area contributed by atoms with Gasteiger partial charge in [-0.2, -0.15) is 0 Å². The summed E-state index contributed by atoms with van der Waals surface area (Å²) in [5.41, 5.74) is 1.79. The molecule has 1 N–H and O–H groups in total. The Morgan fingerprint density at radius 3 is 1.40 bits per heavy atom. The zero-order chi connectivity index (χ0) is 6.66. The molecule has 0 aliphatic carbocycles. The van der Waals surface area contributed by atoms with Crippen LogP contribution in [0.1, 0.15) is 12.8 Å². The van der Waals surface area contributed by atoms with Crippen molar-refractivity contribution >= 4 is 16.5 Å². The molecule has 0 aromatic carbocycles. The van der Waals surface area contributed by atoms with E-state index in [2.05, 4.69) is 4.65 Å². The third-order valence-electron chi connectivity index (χ3n) is 3.83. The van der Waals surface area contributed by atoms with Crippen molar-refractivity contribution in [3.05, 3.63) is 0 Å². The van der Waals surface area contributed by atoms with Gasteiger partial charge in [-0.15, -0.1) is 0 Å². The molecule has 0 aromatic heterocycles. The van der Waals surface area contributed by atoms with Gasteiger partial charge < -0.3 is 4.65 Å². The van der Waals surface area contributed by atoms with Crippen molar-refractivity contribution < 1.29 is 0 Å². The van der Waals surface area contributed by atoms with E-state index in [0.717, 1.165) is 0 Å². The highest BCUT2D eigenvalue weighted by Gasteiger charge is 2.61. The van der Waals surface area contributed by atoms with Crippen LogP contribution in [0, 0.1) is 0 Å². The maximum Gasteiger partial charge on any atom is 0.117 e. The van der Waals surface area contributed by atoms with Crippen molar-refractivity contribution in [1.82, 2.24) is 4.65 Å². The fourth-order valence-electron chi connectivity index (χ4n) is 3.00. The number of nitrogens with one attached hydrogen (secondary N) is 1. The SMILES string of the molecule is C1C[Si]2(C1)C[Si]1(CCC1)N2. The predicted molar refractivity (Wildman–Crippen MR) is 47.9 cm³/mol. The van der Waals surface area contributed by atoms with E-state index in [1.54, 1.807) is 42.7 Å². The van der Waals surface area contributed by atoms with E-state index in [1.165, 1.54) is 0 Å². The molecule has 0 saturated carbocycles. The first-order valence-corrected chi connectivity index (χ1v) is 9.86. The van der Waals surface area contributed by atoms with Gasteiger partial charge in [-0.05, 0) is 29.8 Å². The molecule has 0 aromatic rings. The van der Waals surface area contributed by atoms with Gasteiger partial charge in [0.15, 0.2) is 0 Å². The van der Waals surface area contributed by atoms with Crippen molar-refractivity contribution in [3.63, 3.8) is 0 Å². The second-order valence-corrected chi connectivity index (χ2v) is 14.1. The molecule has 3 saturated heterocycles. The van der Waals surface area contributed by atoms with E-state index in [1.807, 2.05) is 0 Å². The monoisotopic (exact) mass is 169 g/mol. The van der Waals surface area contributed by atoms with Gasteiger partial charge in [-0.1, -0.05) is 12.8 Å². The maximum atomic E-state index is 4.08. The standard InChI is InChI=1S/C7H15NSi2/c1-3-9(4-1)7-10(8-9)5-2-6-10/h8H,1-7H2. The Morgan fingerprint density at radius 2 is 1.20 bits per heavy atom. The van der Waals surface area contributed by atoms with Gasteiger partial charge in [0.2, 0.25) is 0 Å². The summed E-state index contributed by atoms with van der Waals surface area (Å²) in [5, 5.41) is 0. The Balaban J connectivity index is 1.69. The quantitative estimate of drug-likeness (QED) is 0.546.